The van der Waals surface area contributed by atoms with E-state index in [9.17, 15) is 0 Å². The number of ether oxygens (including phenoxy) is 3. The molecule has 24 heavy (non-hydrogen) atoms. The maximum atomic E-state index is 5.42. The summed E-state index contributed by atoms with van der Waals surface area (Å²) in [5.41, 5.74) is 3.00. The maximum absolute atomic E-state index is 5.42. The average Bonchev–Trinajstić information content (AvgIpc) is 3.11. The fourth-order valence-electron chi connectivity index (χ4n) is 2.39. The lowest BCUT2D eigenvalue weighted by Crippen LogP contribution is -1.95. The first kappa shape index (κ1) is 16.8. The van der Waals surface area contributed by atoms with Crippen molar-refractivity contribution in [3.05, 3.63) is 46.9 Å². The van der Waals surface area contributed by atoms with E-state index in [2.05, 4.69) is 26.4 Å². The Morgan fingerprint density at radius 2 is 1.46 bits per heavy atom. The van der Waals surface area contributed by atoms with E-state index >= 15 is 0 Å². The van der Waals surface area contributed by atoms with Crippen LogP contribution in [0.2, 0.25) is 0 Å². The number of rotatable bonds is 5. The number of methoxy groups -OCH3 is 3. The Hall–Kier alpha value is -2.05. The largest absolute Gasteiger partial charge is 0.493 e. The standard InChI is InChI=1S/C18H16BrNO3S/c1-21-15-8-12(9-16(22-2)18(15)23-3)17-10-14(20-24-17)11-4-6-13(19)7-5-11/h4-10H,1-3H3. The van der Waals surface area contributed by atoms with E-state index in [0.29, 0.717) is 17.2 Å². The number of hydrogen-bond acceptors (Lipinski definition) is 5. The monoisotopic (exact) mass is 405 g/mol. The van der Waals surface area contributed by atoms with Gasteiger partial charge in [0.1, 0.15) is 0 Å². The molecule has 0 fully saturated rings. The van der Waals surface area contributed by atoms with E-state index in [1.807, 2.05) is 36.4 Å². The molecule has 0 bridgehead atoms. The highest BCUT2D eigenvalue weighted by Gasteiger charge is 2.15. The molecule has 0 spiro atoms. The van der Waals surface area contributed by atoms with E-state index in [-0.39, 0.29) is 0 Å². The van der Waals surface area contributed by atoms with Gasteiger partial charge in [0.25, 0.3) is 0 Å². The summed E-state index contributed by atoms with van der Waals surface area (Å²) in [5, 5.41) is 0. The molecule has 0 N–H and O–H groups in total. The summed E-state index contributed by atoms with van der Waals surface area (Å²) < 4.78 is 21.8. The van der Waals surface area contributed by atoms with Crippen LogP contribution in [-0.4, -0.2) is 25.7 Å². The first-order chi connectivity index (χ1) is 11.7. The van der Waals surface area contributed by atoms with Crippen LogP contribution in [0.5, 0.6) is 17.2 Å². The minimum atomic E-state index is 0.585. The summed E-state index contributed by atoms with van der Waals surface area (Å²) in [6, 6.07) is 14.0. The zero-order valence-electron chi connectivity index (χ0n) is 13.5. The Bertz CT molecular complexity index is 821. The molecule has 0 amide bonds. The van der Waals surface area contributed by atoms with Crippen molar-refractivity contribution in [3.8, 4) is 38.9 Å². The van der Waals surface area contributed by atoms with Crippen LogP contribution in [0.25, 0.3) is 21.7 Å². The van der Waals surface area contributed by atoms with Crippen LogP contribution in [-0.2, 0) is 0 Å². The van der Waals surface area contributed by atoms with E-state index in [1.165, 1.54) is 11.5 Å². The highest BCUT2D eigenvalue weighted by molar-refractivity contribution is 9.10. The summed E-state index contributed by atoms with van der Waals surface area (Å²) in [5.74, 6) is 1.84. The minimum Gasteiger partial charge on any atom is -0.493 e. The van der Waals surface area contributed by atoms with Gasteiger partial charge in [-0.3, -0.25) is 0 Å². The van der Waals surface area contributed by atoms with Crippen molar-refractivity contribution < 1.29 is 14.2 Å². The lowest BCUT2D eigenvalue weighted by molar-refractivity contribution is 0.324. The fourth-order valence-corrected chi connectivity index (χ4v) is 3.40. The zero-order chi connectivity index (χ0) is 17.1. The van der Waals surface area contributed by atoms with Crippen molar-refractivity contribution >= 4 is 27.5 Å². The number of nitrogens with zero attached hydrogens (tertiary/aromatic N) is 1. The van der Waals surface area contributed by atoms with Crippen molar-refractivity contribution in [2.45, 2.75) is 0 Å². The summed E-state index contributed by atoms with van der Waals surface area (Å²) in [7, 11) is 4.82. The van der Waals surface area contributed by atoms with E-state index in [0.717, 1.165) is 26.2 Å². The van der Waals surface area contributed by atoms with E-state index in [1.54, 1.807) is 21.3 Å². The Morgan fingerprint density at radius 1 is 0.833 bits per heavy atom. The second kappa shape index (κ2) is 7.23. The van der Waals surface area contributed by atoms with E-state index < -0.39 is 0 Å². The molecular formula is C18H16BrNO3S. The van der Waals surface area contributed by atoms with Crippen molar-refractivity contribution in [1.29, 1.82) is 0 Å². The second-order valence-electron chi connectivity index (χ2n) is 5.00. The first-order valence-electron chi connectivity index (χ1n) is 7.19. The number of aromatic nitrogens is 1. The molecule has 0 aliphatic carbocycles. The van der Waals surface area contributed by atoms with Crippen LogP contribution < -0.4 is 14.2 Å². The summed E-state index contributed by atoms with van der Waals surface area (Å²) in [6.45, 7) is 0. The van der Waals surface area contributed by atoms with Crippen LogP contribution in [0.15, 0.2) is 46.9 Å². The number of halogens is 1. The highest BCUT2D eigenvalue weighted by Crippen LogP contribution is 2.42. The Morgan fingerprint density at radius 3 is 2.00 bits per heavy atom. The van der Waals surface area contributed by atoms with Crippen molar-refractivity contribution in [2.75, 3.05) is 21.3 Å². The zero-order valence-corrected chi connectivity index (χ0v) is 15.9. The lowest BCUT2D eigenvalue weighted by Gasteiger charge is -2.13. The van der Waals surface area contributed by atoms with Gasteiger partial charge in [0.15, 0.2) is 11.5 Å². The summed E-state index contributed by atoms with van der Waals surface area (Å²) in [6.07, 6.45) is 0. The molecule has 3 aromatic rings. The third-order valence-corrected chi connectivity index (χ3v) is 4.97. The van der Waals surface area contributed by atoms with Gasteiger partial charge in [-0.05, 0) is 41.9 Å². The van der Waals surface area contributed by atoms with Gasteiger partial charge in [0, 0.05) is 15.6 Å². The van der Waals surface area contributed by atoms with Gasteiger partial charge in [-0.15, -0.1) is 0 Å². The third-order valence-electron chi connectivity index (χ3n) is 3.60. The summed E-state index contributed by atoms with van der Waals surface area (Å²) in [4.78, 5) is 1.03. The molecule has 0 aliphatic heterocycles. The molecule has 2 aromatic carbocycles. The second-order valence-corrected chi connectivity index (χ2v) is 6.72. The minimum absolute atomic E-state index is 0.585. The Labute approximate surface area is 153 Å². The van der Waals surface area contributed by atoms with Crippen molar-refractivity contribution in [2.24, 2.45) is 0 Å². The van der Waals surface area contributed by atoms with E-state index in [4.69, 9.17) is 14.2 Å². The molecule has 0 aliphatic rings. The molecule has 0 saturated heterocycles. The third kappa shape index (κ3) is 3.25. The Balaban J connectivity index is 2.02. The topological polar surface area (TPSA) is 40.6 Å². The Kier molecular flexibility index (Phi) is 5.06. The van der Waals surface area contributed by atoms with Gasteiger partial charge in [-0.25, -0.2) is 0 Å². The SMILES string of the molecule is COc1cc(-c2cc(-c3ccc(Br)cc3)ns2)cc(OC)c1OC. The molecule has 124 valence electrons. The van der Waals surface area contributed by atoms with Gasteiger partial charge < -0.3 is 14.2 Å². The highest BCUT2D eigenvalue weighted by atomic mass is 79.9. The normalized spacial score (nSPS) is 10.5. The van der Waals surface area contributed by atoms with Gasteiger partial charge >= 0.3 is 0 Å². The van der Waals surface area contributed by atoms with Crippen LogP contribution in [0, 0.1) is 0 Å². The first-order valence-corrected chi connectivity index (χ1v) is 8.76. The van der Waals surface area contributed by atoms with Crippen molar-refractivity contribution in [3.63, 3.8) is 0 Å². The quantitative estimate of drug-likeness (QED) is 0.579. The number of hydrogen-bond donors (Lipinski definition) is 0. The number of benzene rings is 2. The predicted octanol–water partition coefficient (Wildman–Crippen LogP) is 5.27. The van der Waals surface area contributed by atoms with Gasteiger partial charge in [-0.2, -0.15) is 4.37 Å². The molecule has 0 saturated carbocycles. The molecule has 0 atom stereocenters. The smallest absolute Gasteiger partial charge is 0.203 e. The average molecular weight is 406 g/mol. The molecule has 0 radical (unpaired) electrons. The molecule has 0 unspecified atom stereocenters. The van der Waals surface area contributed by atoms with Crippen LogP contribution in [0.3, 0.4) is 0 Å². The summed E-state index contributed by atoms with van der Waals surface area (Å²) >= 11 is 4.89. The van der Waals surface area contributed by atoms with Crippen LogP contribution in [0.4, 0.5) is 0 Å². The fraction of sp³-hybridized carbons (Fsp3) is 0.167. The predicted molar refractivity (Wildman–Crippen MR) is 100 cm³/mol. The lowest BCUT2D eigenvalue weighted by atomic mass is 10.1. The van der Waals surface area contributed by atoms with Crippen molar-refractivity contribution in [1.82, 2.24) is 4.37 Å². The maximum Gasteiger partial charge on any atom is 0.203 e. The van der Waals surface area contributed by atoms with Crippen LogP contribution >= 0.6 is 27.5 Å². The molecule has 1 aromatic heterocycles. The molecular weight excluding hydrogens is 390 g/mol. The molecule has 3 rings (SSSR count). The van der Waals surface area contributed by atoms with Gasteiger partial charge in [0.2, 0.25) is 5.75 Å². The molecule has 4 nitrogen and oxygen atoms in total. The van der Waals surface area contributed by atoms with Crippen LogP contribution in [0.1, 0.15) is 0 Å². The molecule has 1 heterocycles. The molecule has 6 heteroatoms. The van der Waals surface area contributed by atoms with Gasteiger partial charge in [0.05, 0.1) is 31.9 Å². The van der Waals surface area contributed by atoms with Gasteiger partial charge in [-0.1, -0.05) is 28.1 Å².